The molecule has 150 valence electrons. The molecule has 2 aliphatic rings. The minimum Gasteiger partial charge on any atom is -0.360 e. The molecule has 0 aromatic heterocycles. The maximum atomic E-state index is 12.5. The summed E-state index contributed by atoms with van der Waals surface area (Å²) in [7, 11) is 0. The fourth-order valence-corrected chi connectivity index (χ4v) is 4.46. The van der Waals surface area contributed by atoms with E-state index in [0.717, 1.165) is 55.1 Å². The van der Waals surface area contributed by atoms with Gasteiger partial charge >= 0.3 is 0 Å². The Morgan fingerprint density at radius 2 is 1.57 bits per heavy atom. The van der Waals surface area contributed by atoms with E-state index in [9.17, 15) is 4.79 Å². The quantitative estimate of drug-likeness (QED) is 0.665. The number of amides is 1. The Balaban J connectivity index is 1.35. The number of hydrogen-bond donors (Lipinski definition) is 2. The average molecular weight is 397 g/mol. The van der Waals surface area contributed by atoms with Gasteiger partial charge in [0.05, 0.1) is 26.2 Å². The third kappa shape index (κ3) is 3.74. The summed E-state index contributed by atoms with van der Waals surface area (Å²) in [4.78, 5) is 16.6. The third-order valence-corrected chi connectivity index (χ3v) is 6.05. The molecule has 0 atom stereocenters. The van der Waals surface area contributed by atoms with Crippen molar-refractivity contribution in [3.8, 4) is 0 Å². The fraction of sp³-hybridized carbons (Fsp3) is 0.192. The number of nitrogens with one attached hydrogen (secondary N) is 2. The van der Waals surface area contributed by atoms with Gasteiger partial charge in [0, 0.05) is 28.1 Å². The topological polar surface area (TPSA) is 36.8 Å². The van der Waals surface area contributed by atoms with E-state index in [-0.39, 0.29) is 5.91 Å². The zero-order chi connectivity index (χ0) is 20.3. The molecule has 3 aromatic rings. The Hall–Kier alpha value is -3.37. The number of carbonyl (C=O) groups is 1. The van der Waals surface area contributed by atoms with E-state index in [1.54, 1.807) is 4.90 Å². The van der Waals surface area contributed by atoms with Crippen molar-refractivity contribution in [3.05, 3.63) is 95.6 Å². The van der Waals surface area contributed by atoms with Gasteiger partial charge in [-0.2, -0.15) is 0 Å². The predicted molar refractivity (Wildman–Crippen MR) is 122 cm³/mol. The molecule has 0 bridgehead atoms. The highest BCUT2D eigenvalue weighted by atomic mass is 16.2. The fourth-order valence-electron chi connectivity index (χ4n) is 4.46. The second-order valence-corrected chi connectivity index (χ2v) is 8.02. The van der Waals surface area contributed by atoms with E-state index in [2.05, 4.69) is 58.7 Å². The molecule has 0 aliphatic carbocycles. The van der Waals surface area contributed by atoms with Gasteiger partial charge in [-0.1, -0.05) is 66.7 Å². The molecule has 0 radical (unpaired) electrons. The van der Waals surface area contributed by atoms with Gasteiger partial charge in [-0.05, 0) is 23.8 Å². The van der Waals surface area contributed by atoms with Crippen molar-refractivity contribution in [2.24, 2.45) is 0 Å². The maximum Gasteiger partial charge on any atom is 0.256 e. The minimum atomic E-state index is -0.0249. The monoisotopic (exact) mass is 396 g/mol. The van der Waals surface area contributed by atoms with E-state index in [1.807, 2.05) is 36.4 Å². The number of fused-ring (bicyclic) bond motifs is 1. The van der Waals surface area contributed by atoms with Crippen LogP contribution in [0.5, 0.6) is 0 Å². The van der Waals surface area contributed by atoms with Crippen molar-refractivity contribution in [1.29, 1.82) is 0 Å². The zero-order valence-electron chi connectivity index (χ0n) is 17.0. The van der Waals surface area contributed by atoms with Crippen LogP contribution in [0.3, 0.4) is 0 Å². The van der Waals surface area contributed by atoms with Crippen molar-refractivity contribution < 1.29 is 9.69 Å². The van der Waals surface area contributed by atoms with Crippen molar-refractivity contribution >= 4 is 28.9 Å². The molecule has 1 saturated heterocycles. The van der Waals surface area contributed by atoms with Crippen LogP contribution >= 0.6 is 0 Å². The van der Waals surface area contributed by atoms with E-state index in [4.69, 9.17) is 0 Å². The number of carbonyl (C=O) groups excluding carboxylic acids is 1. The molecule has 0 saturated carbocycles. The van der Waals surface area contributed by atoms with Crippen molar-refractivity contribution in [3.63, 3.8) is 0 Å². The van der Waals surface area contributed by atoms with Crippen LogP contribution in [0, 0.1) is 0 Å². The molecular weight excluding hydrogens is 370 g/mol. The number of rotatable bonds is 4. The summed E-state index contributed by atoms with van der Waals surface area (Å²) in [5.74, 6) is -0.0249. The van der Waals surface area contributed by atoms with Crippen LogP contribution in [0.1, 0.15) is 16.7 Å². The highest BCUT2D eigenvalue weighted by molar-refractivity contribution is 6.35. The molecule has 4 heteroatoms. The van der Waals surface area contributed by atoms with Crippen LogP contribution in [-0.2, 0) is 11.3 Å². The second kappa shape index (κ2) is 8.17. The lowest BCUT2D eigenvalue weighted by atomic mass is 10.0. The molecule has 2 aliphatic heterocycles. The van der Waals surface area contributed by atoms with Gasteiger partial charge in [-0.15, -0.1) is 0 Å². The summed E-state index contributed by atoms with van der Waals surface area (Å²) in [6.07, 6.45) is 2.04. The van der Waals surface area contributed by atoms with Crippen LogP contribution in [0.25, 0.3) is 11.6 Å². The Bertz CT molecular complexity index is 1080. The number of quaternary nitrogens is 1. The number of benzene rings is 3. The Labute approximate surface area is 177 Å². The van der Waals surface area contributed by atoms with Gasteiger partial charge in [-0.3, -0.25) is 4.79 Å². The molecule has 1 fully saturated rings. The molecule has 2 N–H and O–H groups in total. The first-order valence-corrected chi connectivity index (χ1v) is 10.6. The van der Waals surface area contributed by atoms with Crippen molar-refractivity contribution in [1.82, 2.24) is 0 Å². The number of hydrogen-bond acceptors (Lipinski definition) is 2. The lowest BCUT2D eigenvalue weighted by molar-refractivity contribution is -0.914. The molecule has 1 amide bonds. The highest BCUT2D eigenvalue weighted by Gasteiger charge is 2.25. The molecule has 2 heterocycles. The van der Waals surface area contributed by atoms with Gasteiger partial charge in [0.2, 0.25) is 0 Å². The smallest absolute Gasteiger partial charge is 0.256 e. The standard InChI is InChI=1S/C26H25N3O/c30-26-23(22-11-5-6-12-24(22)27-26)18-21-10-4-7-13-25(21)29-16-14-28(15-17-29)19-20-8-2-1-3-9-20/h1-13,18H,14-17,19H2,(H,27,30)/p+1/b23-18+. The Kier molecular flexibility index (Phi) is 5.08. The first-order valence-electron chi connectivity index (χ1n) is 10.6. The number of piperazine rings is 1. The summed E-state index contributed by atoms with van der Waals surface area (Å²) in [6.45, 7) is 5.35. The first-order chi connectivity index (χ1) is 14.8. The normalized spacial score (nSPS) is 17.8. The molecule has 5 rings (SSSR count). The summed E-state index contributed by atoms with van der Waals surface area (Å²) in [5.41, 5.74) is 6.33. The Morgan fingerprint density at radius 3 is 2.40 bits per heavy atom. The van der Waals surface area contributed by atoms with Crippen LogP contribution < -0.4 is 15.1 Å². The van der Waals surface area contributed by atoms with E-state index >= 15 is 0 Å². The van der Waals surface area contributed by atoms with E-state index < -0.39 is 0 Å². The molecule has 3 aromatic carbocycles. The summed E-state index contributed by atoms with van der Waals surface area (Å²) < 4.78 is 0. The van der Waals surface area contributed by atoms with Gasteiger partial charge in [-0.25, -0.2) is 0 Å². The third-order valence-electron chi connectivity index (χ3n) is 6.05. The number of para-hydroxylation sites is 2. The highest BCUT2D eigenvalue weighted by Crippen LogP contribution is 2.34. The van der Waals surface area contributed by atoms with E-state index in [0.29, 0.717) is 0 Å². The predicted octanol–water partition coefficient (Wildman–Crippen LogP) is 3.08. The molecule has 4 nitrogen and oxygen atoms in total. The van der Waals surface area contributed by atoms with Crippen molar-refractivity contribution in [2.45, 2.75) is 6.54 Å². The largest absolute Gasteiger partial charge is 0.360 e. The Morgan fingerprint density at radius 1 is 0.867 bits per heavy atom. The van der Waals surface area contributed by atoms with Crippen LogP contribution in [0.15, 0.2) is 78.9 Å². The second-order valence-electron chi connectivity index (χ2n) is 8.02. The van der Waals surface area contributed by atoms with Gasteiger partial charge < -0.3 is 15.1 Å². The summed E-state index contributed by atoms with van der Waals surface area (Å²) >= 11 is 0. The summed E-state index contributed by atoms with van der Waals surface area (Å²) in [5, 5.41) is 2.97. The number of nitrogens with zero attached hydrogens (tertiary/aromatic N) is 1. The zero-order valence-corrected chi connectivity index (χ0v) is 17.0. The molecule has 30 heavy (non-hydrogen) atoms. The average Bonchev–Trinajstić information content (AvgIpc) is 3.11. The lowest BCUT2D eigenvalue weighted by Gasteiger charge is -2.34. The minimum absolute atomic E-state index is 0.0249. The van der Waals surface area contributed by atoms with Crippen LogP contribution in [0.2, 0.25) is 0 Å². The maximum absolute atomic E-state index is 12.5. The van der Waals surface area contributed by atoms with E-state index in [1.165, 1.54) is 11.3 Å². The molecular formula is C26H26N3O+. The van der Waals surface area contributed by atoms with Gasteiger partial charge in [0.1, 0.15) is 6.54 Å². The summed E-state index contributed by atoms with van der Waals surface area (Å²) in [6, 6.07) is 27.0. The van der Waals surface area contributed by atoms with Crippen LogP contribution in [0.4, 0.5) is 11.4 Å². The van der Waals surface area contributed by atoms with Gasteiger partial charge in [0.15, 0.2) is 0 Å². The lowest BCUT2D eigenvalue weighted by Crippen LogP contribution is -3.13. The van der Waals surface area contributed by atoms with Crippen molar-refractivity contribution in [2.75, 3.05) is 36.4 Å². The molecule has 0 spiro atoms. The SMILES string of the molecule is O=C1Nc2ccccc2/C1=C\c1ccccc1N1CC[NH+](Cc2ccccc2)CC1. The molecule has 0 unspecified atom stereocenters. The number of anilines is 2. The van der Waals surface area contributed by atoms with Crippen LogP contribution in [-0.4, -0.2) is 32.1 Å². The van der Waals surface area contributed by atoms with Gasteiger partial charge in [0.25, 0.3) is 5.91 Å². The first kappa shape index (κ1) is 18.6.